The highest BCUT2D eigenvalue weighted by molar-refractivity contribution is 7.86. The molecule has 2 aromatic heterocycles. The van der Waals surface area contributed by atoms with Crippen LogP contribution in [0.5, 0.6) is 0 Å². The summed E-state index contributed by atoms with van der Waals surface area (Å²) < 4.78 is 18.4. The molecular formula is C13H15N3O2S2. The fourth-order valence-corrected chi connectivity index (χ4v) is 3.98. The first kappa shape index (κ1) is 13.7. The van der Waals surface area contributed by atoms with Gasteiger partial charge in [-0.2, -0.15) is 0 Å². The van der Waals surface area contributed by atoms with E-state index in [0.717, 1.165) is 36.3 Å². The van der Waals surface area contributed by atoms with Gasteiger partial charge in [0.2, 0.25) is 0 Å². The maximum absolute atomic E-state index is 12.2. The average Bonchev–Trinajstić information content (AvgIpc) is 3.03. The zero-order chi connectivity index (χ0) is 13.8. The molecule has 0 spiro atoms. The molecule has 0 radical (unpaired) electrons. The Morgan fingerprint density at radius 1 is 1.35 bits per heavy atom. The Bertz CT molecular complexity index is 583. The largest absolute Gasteiger partial charge is 0.378 e. The van der Waals surface area contributed by atoms with Gasteiger partial charge in [0.1, 0.15) is 11.6 Å². The van der Waals surface area contributed by atoms with E-state index in [1.165, 1.54) is 11.3 Å². The maximum Gasteiger partial charge on any atom is 0.143 e. The lowest BCUT2D eigenvalue weighted by molar-refractivity contribution is 0.122. The van der Waals surface area contributed by atoms with Gasteiger partial charge in [0, 0.05) is 19.3 Å². The van der Waals surface area contributed by atoms with Crippen molar-refractivity contribution < 1.29 is 8.95 Å². The Hall–Kier alpha value is -1.31. The Kier molecular flexibility index (Phi) is 4.39. The van der Waals surface area contributed by atoms with Gasteiger partial charge in [-0.1, -0.05) is 6.07 Å². The second-order valence-corrected chi connectivity index (χ2v) is 6.98. The van der Waals surface area contributed by atoms with Crippen LogP contribution in [0.15, 0.2) is 34.0 Å². The first-order chi connectivity index (χ1) is 9.83. The van der Waals surface area contributed by atoms with Crippen LogP contribution in [0, 0.1) is 0 Å². The minimum Gasteiger partial charge on any atom is -0.378 e. The number of aromatic nitrogens is 2. The predicted octanol–water partition coefficient (Wildman–Crippen LogP) is 1.68. The monoisotopic (exact) mass is 309 g/mol. The molecule has 0 aromatic carbocycles. The van der Waals surface area contributed by atoms with Gasteiger partial charge in [-0.25, -0.2) is 9.97 Å². The summed E-state index contributed by atoms with van der Waals surface area (Å²) in [6.07, 6.45) is 1.73. The number of ether oxygens (including phenoxy) is 1. The SMILES string of the molecule is O=S(Cc1nccc(N2CCOCC2)n1)c1cccs1. The first-order valence-electron chi connectivity index (χ1n) is 6.39. The summed E-state index contributed by atoms with van der Waals surface area (Å²) in [7, 11) is -1.07. The third-order valence-corrected chi connectivity index (χ3v) is 5.62. The summed E-state index contributed by atoms with van der Waals surface area (Å²) >= 11 is 1.50. The lowest BCUT2D eigenvalue weighted by Gasteiger charge is -2.27. The average molecular weight is 309 g/mol. The maximum atomic E-state index is 12.2. The highest BCUT2D eigenvalue weighted by Crippen LogP contribution is 2.17. The highest BCUT2D eigenvalue weighted by atomic mass is 32.2. The molecule has 7 heteroatoms. The van der Waals surface area contributed by atoms with Crippen molar-refractivity contribution in [1.29, 1.82) is 0 Å². The standard InChI is InChI=1S/C13H15N3O2S2/c17-20(13-2-1-9-19-13)10-11-14-4-3-12(15-11)16-5-7-18-8-6-16/h1-4,9H,5-8,10H2. The van der Waals surface area contributed by atoms with Crippen molar-refractivity contribution in [2.45, 2.75) is 9.96 Å². The smallest absolute Gasteiger partial charge is 0.143 e. The van der Waals surface area contributed by atoms with Gasteiger partial charge in [-0.3, -0.25) is 4.21 Å². The van der Waals surface area contributed by atoms with Gasteiger partial charge in [0.25, 0.3) is 0 Å². The van der Waals surface area contributed by atoms with Gasteiger partial charge in [-0.05, 0) is 17.5 Å². The van der Waals surface area contributed by atoms with Gasteiger partial charge in [-0.15, -0.1) is 11.3 Å². The van der Waals surface area contributed by atoms with Crippen molar-refractivity contribution in [3.63, 3.8) is 0 Å². The second kappa shape index (κ2) is 6.43. The van der Waals surface area contributed by atoms with E-state index in [0.29, 0.717) is 11.6 Å². The van der Waals surface area contributed by atoms with Crippen molar-refractivity contribution in [3.8, 4) is 0 Å². The number of morpholine rings is 1. The molecule has 1 aliphatic heterocycles. The zero-order valence-electron chi connectivity index (χ0n) is 10.9. The Balaban J connectivity index is 1.72. The van der Waals surface area contributed by atoms with E-state index in [1.807, 2.05) is 23.6 Å². The van der Waals surface area contributed by atoms with E-state index in [-0.39, 0.29) is 0 Å². The molecule has 3 rings (SSSR count). The number of anilines is 1. The molecule has 2 aromatic rings. The molecule has 0 amide bonds. The molecule has 0 saturated carbocycles. The Morgan fingerprint density at radius 3 is 2.95 bits per heavy atom. The molecule has 1 saturated heterocycles. The number of thiophene rings is 1. The number of nitrogens with zero attached hydrogens (tertiary/aromatic N) is 3. The number of rotatable bonds is 4. The van der Waals surface area contributed by atoms with Gasteiger partial charge >= 0.3 is 0 Å². The summed E-state index contributed by atoms with van der Waals surface area (Å²) in [6.45, 7) is 3.12. The van der Waals surface area contributed by atoms with Crippen LogP contribution >= 0.6 is 11.3 Å². The van der Waals surface area contributed by atoms with Crippen LogP contribution in [0.4, 0.5) is 5.82 Å². The van der Waals surface area contributed by atoms with Gasteiger partial charge in [0.15, 0.2) is 0 Å². The van der Waals surface area contributed by atoms with E-state index in [9.17, 15) is 4.21 Å². The van der Waals surface area contributed by atoms with Crippen molar-refractivity contribution in [2.24, 2.45) is 0 Å². The molecule has 1 aliphatic rings. The lowest BCUT2D eigenvalue weighted by atomic mass is 10.4. The molecular weight excluding hydrogens is 294 g/mol. The van der Waals surface area contributed by atoms with Gasteiger partial charge < -0.3 is 9.64 Å². The molecule has 1 unspecified atom stereocenters. The molecule has 5 nitrogen and oxygen atoms in total. The lowest BCUT2D eigenvalue weighted by Crippen LogP contribution is -2.36. The summed E-state index contributed by atoms with van der Waals surface area (Å²) in [6, 6.07) is 5.68. The highest BCUT2D eigenvalue weighted by Gasteiger charge is 2.14. The fraction of sp³-hybridized carbons (Fsp3) is 0.385. The van der Waals surface area contributed by atoms with E-state index >= 15 is 0 Å². The van der Waals surface area contributed by atoms with Crippen molar-refractivity contribution >= 4 is 28.0 Å². The molecule has 3 heterocycles. The minimum atomic E-state index is -1.07. The molecule has 20 heavy (non-hydrogen) atoms. The third kappa shape index (κ3) is 3.23. The molecule has 106 valence electrons. The van der Waals surface area contributed by atoms with Crippen LogP contribution in [0.2, 0.25) is 0 Å². The number of hydrogen-bond acceptors (Lipinski definition) is 6. The van der Waals surface area contributed by atoms with Crippen molar-refractivity contribution in [2.75, 3.05) is 31.2 Å². The summed E-state index contributed by atoms with van der Waals surface area (Å²) in [4.78, 5) is 10.9. The molecule has 1 fully saturated rings. The van der Waals surface area contributed by atoms with Gasteiger partial charge in [0.05, 0.1) is 34.0 Å². The summed E-state index contributed by atoms with van der Waals surface area (Å²) in [5.41, 5.74) is 0. The molecule has 0 N–H and O–H groups in total. The zero-order valence-corrected chi connectivity index (χ0v) is 12.5. The van der Waals surface area contributed by atoms with Crippen LogP contribution in [0.1, 0.15) is 5.82 Å². The Labute approximate surface area is 124 Å². The van der Waals surface area contributed by atoms with Crippen LogP contribution in [0.25, 0.3) is 0 Å². The molecule has 0 aliphatic carbocycles. The quantitative estimate of drug-likeness (QED) is 0.860. The fourth-order valence-electron chi connectivity index (χ4n) is 2.01. The van der Waals surface area contributed by atoms with Crippen LogP contribution in [-0.4, -0.2) is 40.5 Å². The van der Waals surface area contributed by atoms with E-state index in [2.05, 4.69) is 14.9 Å². The molecule has 0 bridgehead atoms. The third-order valence-electron chi connectivity index (χ3n) is 3.01. The Morgan fingerprint density at radius 2 is 2.20 bits per heavy atom. The van der Waals surface area contributed by atoms with E-state index in [1.54, 1.807) is 6.20 Å². The van der Waals surface area contributed by atoms with Crippen molar-refractivity contribution in [3.05, 3.63) is 35.6 Å². The van der Waals surface area contributed by atoms with E-state index in [4.69, 9.17) is 4.74 Å². The number of hydrogen-bond donors (Lipinski definition) is 0. The van der Waals surface area contributed by atoms with Crippen LogP contribution in [0.3, 0.4) is 0 Å². The predicted molar refractivity (Wildman–Crippen MR) is 79.5 cm³/mol. The topological polar surface area (TPSA) is 55.3 Å². The summed E-state index contributed by atoms with van der Waals surface area (Å²) in [5.74, 6) is 1.88. The van der Waals surface area contributed by atoms with Crippen molar-refractivity contribution in [1.82, 2.24) is 9.97 Å². The normalized spacial score (nSPS) is 17.1. The summed E-state index contributed by atoms with van der Waals surface area (Å²) in [5, 5.41) is 1.93. The van der Waals surface area contributed by atoms with Crippen LogP contribution in [-0.2, 0) is 21.3 Å². The minimum absolute atomic E-state index is 0.360. The second-order valence-electron chi connectivity index (χ2n) is 4.35. The van der Waals surface area contributed by atoms with E-state index < -0.39 is 10.8 Å². The first-order valence-corrected chi connectivity index (χ1v) is 8.59. The molecule has 1 atom stereocenters. The van der Waals surface area contributed by atoms with Crippen LogP contribution < -0.4 is 4.90 Å².